The number of aliphatic hydroxyl groups excluding tert-OH is 1. The molecule has 0 radical (unpaired) electrons. The number of β-amino-alcohol motifs (C(OH)–C–C–N with tert-alkyl or cyclic N) is 1. The molecular formula is C16H20N2O4S. The molecule has 2 heterocycles. The fourth-order valence-corrected chi connectivity index (χ4v) is 4.14. The molecule has 6 nitrogen and oxygen atoms in total. The Labute approximate surface area is 136 Å². The van der Waals surface area contributed by atoms with Crippen LogP contribution in [-0.4, -0.2) is 62.1 Å². The maximum Gasteiger partial charge on any atom is 0.243 e. The molecule has 3 rings (SSSR count). The minimum absolute atomic E-state index is 0.0982. The van der Waals surface area contributed by atoms with Gasteiger partial charge in [-0.3, -0.25) is 4.90 Å². The Kier molecular flexibility index (Phi) is 4.82. The van der Waals surface area contributed by atoms with Crippen LogP contribution in [0.25, 0.3) is 11.3 Å². The predicted molar refractivity (Wildman–Crippen MR) is 86.4 cm³/mol. The van der Waals surface area contributed by atoms with Gasteiger partial charge < -0.3 is 9.52 Å². The van der Waals surface area contributed by atoms with E-state index in [-0.39, 0.29) is 6.61 Å². The Morgan fingerprint density at radius 2 is 1.74 bits per heavy atom. The lowest BCUT2D eigenvalue weighted by Crippen LogP contribution is -2.49. The predicted octanol–water partition coefficient (Wildman–Crippen LogP) is 1.25. The van der Waals surface area contributed by atoms with E-state index < -0.39 is 10.0 Å². The van der Waals surface area contributed by atoms with E-state index >= 15 is 0 Å². The lowest BCUT2D eigenvalue weighted by atomic mass is 10.2. The molecule has 0 aliphatic carbocycles. The lowest BCUT2D eigenvalue weighted by Gasteiger charge is -2.33. The van der Waals surface area contributed by atoms with Crippen LogP contribution in [0.5, 0.6) is 0 Å². The van der Waals surface area contributed by atoms with Crippen molar-refractivity contribution in [2.24, 2.45) is 0 Å². The number of furan rings is 1. The minimum Gasteiger partial charge on any atom is -0.464 e. The van der Waals surface area contributed by atoms with E-state index in [0.29, 0.717) is 43.4 Å². The molecule has 1 aliphatic rings. The molecule has 7 heteroatoms. The van der Waals surface area contributed by atoms with E-state index in [1.165, 1.54) is 4.31 Å². The molecule has 1 aromatic heterocycles. The van der Waals surface area contributed by atoms with Crippen molar-refractivity contribution in [1.82, 2.24) is 9.21 Å². The minimum atomic E-state index is -3.47. The van der Waals surface area contributed by atoms with Crippen LogP contribution in [0, 0.1) is 0 Å². The third-order valence-corrected chi connectivity index (χ3v) is 5.96. The van der Waals surface area contributed by atoms with Crippen LogP contribution < -0.4 is 0 Å². The normalized spacial score (nSPS) is 17.4. The van der Waals surface area contributed by atoms with Crippen molar-refractivity contribution in [1.29, 1.82) is 0 Å². The van der Waals surface area contributed by atoms with Crippen molar-refractivity contribution in [3.63, 3.8) is 0 Å². The topological polar surface area (TPSA) is 74.0 Å². The van der Waals surface area contributed by atoms with Gasteiger partial charge in [-0.25, -0.2) is 8.42 Å². The molecule has 1 N–H and O–H groups in total. The number of hydrogen-bond donors (Lipinski definition) is 1. The van der Waals surface area contributed by atoms with Gasteiger partial charge in [0.15, 0.2) is 0 Å². The molecule has 0 bridgehead atoms. The molecule has 0 unspecified atom stereocenters. The van der Waals surface area contributed by atoms with Gasteiger partial charge >= 0.3 is 0 Å². The molecule has 1 aliphatic heterocycles. The molecule has 0 saturated carbocycles. The van der Waals surface area contributed by atoms with Gasteiger partial charge in [0.05, 0.1) is 17.8 Å². The number of rotatable bonds is 5. The van der Waals surface area contributed by atoms with E-state index in [1.807, 2.05) is 6.07 Å². The molecule has 0 atom stereocenters. The van der Waals surface area contributed by atoms with Gasteiger partial charge in [-0.2, -0.15) is 4.31 Å². The standard InChI is InChI=1S/C16H20N2O4S/c19-12-11-17-7-9-18(10-8-17)23(20,21)15-5-3-14(4-6-15)16-2-1-13-22-16/h1-6,13,19H,7-12H2. The second-order valence-electron chi connectivity index (χ2n) is 5.47. The zero-order valence-corrected chi connectivity index (χ0v) is 13.6. The number of benzene rings is 1. The van der Waals surface area contributed by atoms with Gasteiger partial charge in [-0.05, 0) is 36.4 Å². The Morgan fingerprint density at radius 1 is 1.04 bits per heavy atom. The highest BCUT2D eigenvalue weighted by Gasteiger charge is 2.28. The Morgan fingerprint density at radius 3 is 2.30 bits per heavy atom. The van der Waals surface area contributed by atoms with Crippen LogP contribution in [0.15, 0.2) is 52.0 Å². The van der Waals surface area contributed by atoms with Crippen LogP contribution >= 0.6 is 0 Å². The summed E-state index contributed by atoms with van der Waals surface area (Å²) in [5, 5.41) is 8.95. The molecule has 23 heavy (non-hydrogen) atoms. The molecule has 1 fully saturated rings. The summed E-state index contributed by atoms with van der Waals surface area (Å²) >= 11 is 0. The highest BCUT2D eigenvalue weighted by atomic mass is 32.2. The zero-order valence-electron chi connectivity index (χ0n) is 12.8. The number of aliphatic hydroxyl groups is 1. The summed E-state index contributed by atoms with van der Waals surface area (Å²) in [7, 11) is -3.47. The Hall–Kier alpha value is -1.67. The summed E-state index contributed by atoms with van der Waals surface area (Å²) in [4.78, 5) is 2.36. The molecule has 0 spiro atoms. The fraction of sp³-hybridized carbons (Fsp3) is 0.375. The highest BCUT2D eigenvalue weighted by molar-refractivity contribution is 7.89. The van der Waals surface area contributed by atoms with Crippen LogP contribution in [0.3, 0.4) is 0 Å². The van der Waals surface area contributed by atoms with Gasteiger partial charge in [-0.1, -0.05) is 0 Å². The van der Waals surface area contributed by atoms with E-state index in [1.54, 1.807) is 36.6 Å². The summed E-state index contributed by atoms with van der Waals surface area (Å²) in [6.07, 6.45) is 1.59. The van der Waals surface area contributed by atoms with Crippen molar-refractivity contribution in [3.8, 4) is 11.3 Å². The molecule has 1 saturated heterocycles. The molecule has 1 aromatic carbocycles. The summed E-state index contributed by atoms with van der Waals surface area (Å²) in [5.41, 5.74) is 0.849. The maximum absolute atomic E-state index is 12.7. The quantitative estimate of drug-likeness (QED) is 0.889. The summed E-state index contributed by atoms with van der Waals surface area (Å²) in [6.45, 7) is 2.87. The van der Waals surface area contributed by atoms with E-state index in [9.17, 15) is 8.42 Å². The van der Waals surface area contributed by atoms with E-state index in [4.69, 9.17) is 9.52 Å². The lowest BCUT2D eigenvalue weighted by molar-refractivity contribution is 0.151. The van der Waals surface area contributed by atoms with E-state index in [2.05, 4.69) is 4.90 Å². The van der Waals surface area contributed by atoms with Crippen LogP contribution in [0.1, 0.15) is 0 Å². The van der Waals surface area contributed by atoms with Crippen molar-refractivity contribution >= 4 is 10.0 Å². The van der Waals surface area contributed by atoms with Crippen LogP contribution in [-0.2, 0) is 10.0 Å². The summed E-state index contributed by atoms with van der Waals surface area (Å²) < 4.78 is 32.2. The first kappa shape index (κ1) is 16.2. The second-order valence-corrected chi connectivity index (χ2v) is 7.41. The average Bonchev–Trinajstić information content (AvgIpc) is 3.10. The number of hydrogen-bond acceptors (Lipinski definition) is 5. The number of sulfonamides is 1. The number of nitrogens with zero attached hydrogens (tertiary/aromatic N) is 2. The van der Waals surface area contributed by atoms with Crippen molar-refractivity contribution in [2.45, 2.75) is 4.90 Å². The van der Waals surface area contributed by atoms with Crippen LogP contribution in [0.4, 0.5) is 0 Å². The monoisotopic (exact) mass is 336 g/mol. The molecule has 0 amide bonds. The van der Waals surface area contributed by atoms with Crippen molar-refractivity contribution < 1.29 is 17.9 Å². The van der Waals surface area contributed by atoms with Gasteiger partial charge in [-0.15, -0.1) is 0 Å². The van der Waals surface area contributed by atoms with Gasteiger partial charge in [0.25, 0.3) is 0 Å². The van der Waals surface area contributed by atoms with Crippen molar-refractivity contribution in [3.05, 3.63) is 42.7 Å². The van der Waals surface area contributed by atoms with Gasteiger partial charge in [0.2, 0.25) is 10.0 Å². The number of piperazine rings is 1. The first-order chi connectivity index (χ1) is 11.1. The summed E-state index contributed by atoms with van der Waals surface area (Å²) in [6, 6.07) is 10.4. The Bertz CT molecular complexity index is 718. The third kappa shape index (κ3) is 3.48. The maximum atomic E-state index is 12.7. The first-order valence-corrected chi connectivity index (χ1v) is 9.02. The zero-order chi connectivity index (χ0) is 16.3. The SMILES string of the molecule is O=S(=O)(c1ccc(-c2ccco2)cc1)N1CCN(CCO)CC1. The Balaban J connectivity index is 1.73. The summed E-state index contributed by atoms with van der Waals surface area (Å²) in [5.74, 6) is 0.714. The third-order valence-electron chi connectivity index (χ3n) is 4.05. The van der Waals surface area contributed by atoms with Gasteiger partial charge in [0.1, 0.15) is 5.76 Å². The van der Waals surface area contributed by atoms with Crippen LogP contribution in [0.2, 0.25) is 0 Å². The largest absolute Gasteiger partial charge is 0.464 e. The van der Waals surface area contributed by atoms with Gasteiger partial charge in [0, 0.05) is 38.3 Å². The fourth-order valence-electron chi connectivity index (χ4n) is 2.72. The molecule has 2 aromatic rings. The van der Waals surface area contributed by atoms with Crippen molar-refractivity contribution in [2.75, 3.05) is 39.3 Å². The molecular weight excluding hydrogens is 316 g/mol. The first-order valence-electron chi connectivity index (χ1n) is 7.58. The second kappa shape index (κ2) is 6.84. The molecule has 124 valence electrons. The van der Waals surface area contributed by atoms with E-state index in [0.717, 1.165) is 5.56 Å². The average molecular weight is 336 g/mol. The smallest absolute Gasteiger partial charge is 0.243 e. The highest BCUT2D eigenvalue weighted by Crippen LogP contribution is 2.23.